The van der Waals surface area contributed by atoms with Crippen molar-refractivity contribution in [2.45, 2.75) is 19.4 Å². The standard InChI is InChI=1S/C19H19NO4/c1-12-9-13-5-3-4-6-15(13)20(12)19(21)14-10-16(22-2)18-17(11-14)23-7-8-24-18/h3-6,10-12H,7-9H2,1-2H3/t12-/m0/s1. The summed E-state index contributed by atoms with van der Waals surface area (Å²) in [6.45, 7) is 3.01. The number of fused-ring (bicyclic) bond motifs is 2. The Morgan fingerprint density at radius 2 is 2.00 bits per heavy atom. The van der Waals surface area contributed by atoms with Crippen LogP contribution in [0.4, 0.5) is 5.69 Å². The van der Waals surface area contributed by atoms with Gasteiger partial charge < -0.3 is 19.1 Å². The van der Waals surface area contributed by atoms with E-state index in [1.807, 2.05) is 23.1 Å². The molecule has 0 saturated heterocycles. The van der Waals surface area contributed by atoms with E-state index in [1.165, 1.54) is 5.56 Å². The molecule has 124 valence electrons. The Hall–Kier alpha value is -2.69. The lowest BCUT2D eigenvalue weighted by Gasteiger charge is -2.25. The first-order valence-corrected chi connectivity index (χ1v) is 8.08. The third-order valence-corrected chi connectivity index (χ3v) is 4.50. The molecule has 0 unspecified atom stereocenters. The lowest BCUT2D eigenvalue weighted by atomic mass is 10.1. The van der Waals surface area contributed by atoms with Crippen molar-refractivity contribution in [2.24, 2.45) is 0 Å². The molecule has 0 aromatic heterocycles. The molecule has 1 atom stereocenters. The van der Waals surface area contributed by atoms with Gasteiger partial charge in [-0.1, -0.05) is 18.2 Å². The molecule has 4 rings (SSSR count). The highest BCUT2D eigenvalue weighted by molar-refractivity contribution is 6.08. The van der Waals surface area contributed by atoms with Crippen molar-refractivity contribution in [1.82, 2.24) is 0 Å². The number of anilines is 1. The number of carbonyl (C=O) groups is 1. The maximum absolute atomic E-state index is 13.1. The van der Waals surface area contributed by atoms with E-state index in [4.69, 9.17) is 14.2 Å². The van der Waals surface area contributed by atoms with Gasteiger partial charge in [-0.3, -0.25) is 4.79 Å². The molecular formula is C19H19NO4. The third-order valence-electron chi connectivity index (χ3n) is 4.50. The van der Waals surface area contributed by atoms with Crippen LogP contribution < -0.4 is 19.1 Å². The molecule has 2 aromatic carbocycles. The van der Waals surface area contributed by atoms with E-state index in [9.17, 15) is 4.79 Å². The van der Waals surface area contributed by atoms with Crippen molar-refractivity contribution < 1.29 is 19.0 Å². The van der Waals surface area contributed by atoms with Crippen LogP contribution in [-0.4, -0.2) is 32.3 Å². The fourth-order valence-electron chi connectivity index (χ4n) is 3.41. The average Bonchev–Trinajstić information content (AvgIpc) is 2.95. The number of carbonyl (C=O) groups excluding carboxylic acids is 1. The maximum Gasteiger partial charge on any atom is 0.258 e. The highest BCUT2D eigenvalue weighted by Gasteiger charge is 2.32. The van der Waals surface area contributed by atoms with E-state index in [0.29, 0.717) is 36.0 Å². The van der Waals surface area contributed by atoms with Crippen molar-refractivity contribution in [1.29, 1.82) is 0 Å². The Bertz CT molecular complexity index is 785. The molecule has 5 nitrogen and oxygen atoms in total. The Kier molecular flexibility index (Phi) is 3.56. The largest absolute Gasteiger partial charge is 0.493 e. The molecule has 0 fully saturated rings. The van der Waals surface area contributed by atoms with E-state index >= 15 is 0 Å². The summed E-state index contributed by atoms with van der Waals surface area (Å²) >= 11 is 0. The molecule has 5 heteroatoms. The number of hydrogen-bond acceptors (Lipinski definition) is 4. The SMILES string of the molecule is COc1cc(C(=O)N2c3ccccc3C[C@@H]2C)cc2c1OCCO2. The second-order valence-corrected chi connectivity index (χ2v) is 6.06. The van der Waals surface area contributed by atoms with Gasteiger partial charge in [-0.25, -0.2) is 0 Å². The lowest BCUT2D eigenvalue weighted by Crippen LogP contribution is -2.35. The summed E-state index contributed by atoms with van der Waals surface area (Å²) in [5.41, 5.74) is 2.71. The number of methoxy groups -OCH3 is 1. The minimum atomic E-state index is -0.0530. The van der Waals surface area contributed by atoms with Crippen molar-refractivity contribution in [3.63, 3.8) is 0 Å². The Morgan fingerprint density at radius 3 is 2.83 bits per heavy atom. The van der Waals surface area contributed by atoms with Crippen LogP contribution >= 0.6 is 0 Å². The van der Waals surface area contributed by atoms with Crippen LogP contribution in [0.2, 0.25) is 0 Å². The molecule has 0 bridgehead atoms. The zero-order valence-corrected chi connectivity index (χ0v) is 13.7. The normalized spacial score (nSPS) is 18.2. The summed E-state index contributed by atoms with van der Waals surface area (Å²) in [7, 11) is 1.57. The number of ether oxygens (including phenoxy) is 3. The van der Waals surface area contributed by atoms with Gasteiger partial charge in [0, 0.05) is 17.3 Å². The second-order valence-electron chi connectivity index (χ2n) is 6.06. The van der Waals surface area contributed by atoms with E-state index in [0.717, 1.165) is 12.1 Å². The van der Waals surface area contributed by atoms with Crippen molar-refractivity contribution in [2.75, 3.05) is 25.2 Å². The molecule has 2 aromatic rings. The monoisotopic (exact) mass is 325 g/mol. The van der Waals surface area contributed by atoms with Crippen molar-refractivity contribution in [3.05, 3.63) is 47.5 Å². The fourth-order valence-corrected chi connectivity index (χ4v) is 3.41. The van der Waals surface area contributed by atoms with Gasteiger partial charge in [-0.2, -0.15) is 0 Å². The van der Waals surface area contributed by atoms with Crippen LogP contribution in [0.1, 0.15) is 22.8 Å². The first-order chi connectivity index (χ1) is 11.7. The first-order valence-electron chi connectivity index (χ1n) is 8.08. The smallest absolute Gasteiger partial charge is 0.258 e. The van der Waals surface area contributed by atoms with E-state index in [-0.39, 0.29) is 11.9 Å². The predicted molar refractivity (Wildman–Crippen MR) is 90.4 cm³/mol. The lowest BCUT2D eigenvalue weighted by molar-refractivity contribution is 0.0979. The van der Waals surface area contributed by atoms with Gasteiger partial charge in [0.1, 0.15) is 13.2 Å². The Labute approximate surface area is 140 Å². The van der Waals surface area contributed by atoms with Gasteiger partial charge >= 0.3 is 0 Å². The summed E-state index contributed by atoms with van der Waals surface area (Å²) in [5, 5.41) is 0. The van der Waals surface area contributed by atoms with Crippen LogP contribution in [0.25, 0.3) is 0 Å². The molecule has 24 heavy (non-hydrogen) atoms. The summed E-state index contributed by atoms with van der Waals surface area (Å²) in [5.74, 6) is 1.60. The molecule has 1 amide bonds. The molecular weight excluding hydrogens is 306 g/mol. The minimum Gasteiger partial charge on any atom is -0.493 e. The highest BCUT2D eigenvalue weighted by Crippen LogP contribution is 2.41. The third kappa shape index (κ3) is 2.28. The van der Waals surface area contributed by atoms with Crippen LogP contribution in [0.15, 0.2) is 36.4 Å². The summed E-state index contributed by atoms with van der Waals surface area (Å²) in [6, 6.07) is 11.6. The Morgan fingerprint density at radius 1 is 1.21 bits per heavy atom. The first kappa shape index (κ1) is 14.9. The predicted octanol–water partition coefficient (Wildman–Crippen LogP) is 3.06. The molecule has 0 saturated carbocycles. The zero-order valence-electron chi connectivity index (χ0n) is 13.7. The van der Waals surface area contributed by atoms with Gasteiger partial charge in [0.15, 0.2) is 11.5 Å². The van der Waals surface area contributed by atoms with Crippen LogP contribution in [0, 0.1) is 0 Å². The van der Waals surface area contributed by atoms with Gasteiger partial charge in [-0.05, 0) is 37.1 Å². The van der Waals surface area contributed by atoms with Crippen LogP contribution in [-0.2, 0) is 6.42 Å². The summed E-state index contributed by atoms with van der Waals surface area (Å²) in [6.07, 6.45) is 0.865. The number of para-hydroxylation sites is 1. The highest BCUT2D eigenvalue weighted by atomic mass is 16.6. The molecule has 0 radical (unpaired) electrons. The van der Waals surface area contributed by atoms with Gasteiger partial charge in [-0.15, -0.1) is 0 Å². The molecule has 2 aliphatic heterocycles. The summed E-state index contributed by atoms with van der Waals surface area (Å²) in [4.78, 5) is 15.0. The Balaban J connectivity index is 1.75. The van der Waals surface area contributed by atoms with E-state index in [2.05, 4.69) is 13.0 Å². The summed E-state index contributed by atoms with van der Waals surface area (Å²) < 4.78 is 16.6. The molecule has 0 spiro atoms. The number of rotatable bonds is 2. The minimum absolute atomic E-state index is 0.0530. The molecule has 0 N–H and O–H groups in total. The quantitative estimate of drug-likeness (QED) is 0.851. The van der Waals surface area contributed by atoms with Gasteiger partial charge in [0.05, 0.1) is 7.11 Å². The van der Waals surface area contributed by atoms with Crippen LogP contribution in [0.5, 0.6) is 17.2 Å². The van der Waals surface area contributed by atoms with Gasteiger partial charge in [0.2, 0.25) is 5.75 Å². The topological polar surface area (TPSA) is 48.0 Å². The average molecular weight is 325 g/mol. The fraction of sp³-hybridized carbons (Fsp3) is 0.316. The zero-order chi connectivity index (χ0) is 16.7. The maximum atomic E-state index is 13.1. The van der Waals surface area contributed by atoms with Crippen molar-refractivity contribution in [3.8, 4) is 17.2 Å². The second kappa shape index (κ2) is 5.74. The van der Waals surface area contributed by atoms with E-state index in [1.54, 1.807) is 19.2 Å². The molecule has 2 heterocycles. The van der Waals surface area contributed by atoms with Crippen molar-refractivity contribution >= 4 is 11.6 Å². The van der Waals surface area contributed by atoms with Gasteiger partial charge in [0.25, 0.3) is 5.91 Å². The number of benzene rings is 2. The molecule has 2 aliphatic rings. The number of hydrogen-bond donors (Lipinski definition) is 0. The van der Waals surface area contributed by atoms with Crippen LogP contribution in [0.3, 0.4) is 0 Å². The number of nitrogens with zero attached hydrogens (tertiary/aromatic N) is 1. The van der Waals surface area contributed by atoms with E-state index < -0.39 is 0 Å². The number of amides is 1. The molecule has 0 aliphatic carbocycles.